The standard InChI is InChI=1S/C17H32N4O3/c1-6-20(7-2)15(23)12-19-8-10-21(11-9-19)17(24)16(13(3)4)18-14(5)22/h13,16H,6-12H2,1-5H3,(H,18,22). The molecule has 0 saturated carbocycles. The molecule has 1 heterocycles. The maximum atomic E-state index is 12.6. The van der Waals surface area contributed by atoms with Crippen LogP contribution < -0.4 is 5.32 Å². The second kappa shape index (κ2) is 9.61. The van der Waals surface area contributed by atoms with Crippen molar-refractivity contribution in [3.05, 3.63) is 0 Å². The molecule has 138 valence electrons. The fourth-order valence-electron chi connectivity index (χ4n) is 2.92. The molecule has 7 nitrogen and oxygen atoms in total. The number of hydrogen-bond donors (Lipinski definition) is 1. The van der Waals surface area contributed by atoms with Crippen LogP contribution >= 0.6 is 0 Å². The summed E-state index contributed by atoms with van der Waals surface area (Å²) in [7, 11) is 0. The number of carbonyl (C=O) groups is 3. The Hall–Kier alpha value is -1.63. The van der Waals surface area contributed by atoms with Crippen LogP contribution in [0.4, 0.5) is 0 Å². The van der Waals surface area contributed by atoms with E-state index in [0.29, 0.717) is 32.7 Å². The molecular formula is C17H32N4O3. The van der Waals surface area contributed by atoms with E-state index in [4.69, 9.17) is 0 Å². The highest BCUT2D eigenvalue weighted by Crippen LogP contribution is 2.10. The molecule has 1 aliphatic heterocycles. The minimum Gasteiger partial charge on any atom is -0.344 e. The fourth-order valence-corrected chi connectivity index (χ4v) is 2.92. The molecule has 1 rings (SSSR count). The van der Waals surface area contributed by atoms with Gasteiger partial charge in [-0.2, -0.15) is 0 Å². The van der Waals surface area contributed by atoms with Gasteiger partial charge in [-0.15, -0.1) is 0 Å². The second-order valence-corrected chi connectivity index (χ2v) is 6.59. The van der Waals surface area contributed by atoms with Crippen LogP contribution in [0.3, 0.4) is 0 Å². The van der Waals surface area contributed by atoms with Crippen LogP contribution in [0, 0.1) is 5.92 Å². The Morgan fingerprint density at radius 2 is 1.58 bits per heavy atom. The van der Waals surface area contributed by atoms with Crippen LogP contribution in [-0.2, 0) is 14.4 Å². The van der Waals surface area contributed by atoms with Gasteiger partial charge in [0.25, 0.3) is 0 Å². The molecule has 1 atom stereocenters. The lowest BCUT2D eigenvalue weighted by Gasteiger charge is -2.37. The van der Waals surface area contributed by atoms with Crippen molar-refractivity contribution in [2.24, 2.45) is 5.92 Å². The van der Waals surface area contributed by atoms with Crippen molar-refractivity contribution < 1.29 is 14.4 Å². The summed E-state index contributed by atoms with van der Waals surface area (Å²) >= 11 is 0. The summed E-state index contributed by atoms with van der Waals surface area (Å²) in [6.45, 7) is 13.6. The first kappa shape index (κ1) is 20.4. The van der Waals surface area contributed by atoms with Gasteiger partial charge in [-0.05, 0) is 19.8 Å². The Morgan fingerprint density at radius 3 is 2.00 bits per heavy atom. The average molecular weight is 340 g/mol. The van der Waals surface area contributed by atoms with Crippen LogP contribution in [0.5, 0.6) is 0 Å². The number of piperazine rings is 1. The first-order valence-electron chi connectivity index (χ1n) is 8.86. The van der Waals surface area contributed by atoms with Crippen molar-refractivity contribution in [2.75, 3.05) is 45.8 Å². The molecule has 1 unspecified atom stereocenters. The Kier molecular flexibility index (Phi) is 8.18. The topological polar surface area (TPSA) is 73.0 Å². The molecule has 1 aliphatic rings. The highest BCUT2D eigenvalue weighted by atomic mass is 16.2. The van der Waals surface area contributed by atoms with E-state index in [9.17, 15) is 14.4 Å². The maximum absolute atomic E-state index is 12.6. The quantitative estimate of drug-likeness (QED) is 0.716. The van der Waals surface area contributed by atoms with E-state index in [1.54, 1.807) is 4.90 Å². The lowest BCUT2D eigenvalue weighted by Crippen LogP contribution is -2.57. The maximum Gasteiger partial charge on any atom is 0.245 e. The number of hydrogen-bond acceptors (Lipinski definition) is 4. The summed E-state index contributed by atoms with van der Waals surface area (Å²) in [5.74, 6) is -0.0396. The predicted molar refractivity (Wildman–Crippen MR) is 93.4 cm³/mol. The number of amides is 3. The zero-order valence-corrected chi connectivity index (χ0v) is 15.7. The largest absolute Gasteiger partial charge is 0.344 e. The third-order valence-corrected chi connectivity index (χ3v) is 4.45. The van der Waals surface area contributed by atoms with Crippen LogP contribution in [0.2, 0.25) is 0 Å². The van der Waals surface area contributed by atoms with Crippen LogP contribution in [0.25, 0.3) is 0 Å². The molecule has 0 aromatic rings. The number of nitrogens with one attached hydrogen (secondary N) is 1. The van der Waals surface area contributed by atoms with Crippen LogP contribution in [0.1, 0.15) is 34.6 Å². The summed E-state index contributed by atoms with van der Waals surface area (Å²) in [5.41, 5.74) is 0. The molecule has 3 amide bonds. The molecule has 0 bridgehead atoms. The lowest BCUT2D eigenvalue weighted by molar-refractivity contribution is -0.139. The van der Waals surface area contributed by atoms with Crippen molar-refractivity contribution in [2.45, 2.75) is 40.7 Å². The van der Waals surface area contributed by atoms with E-state index in [0.717, 1.165) is 13.1 Å². The zero-order valence-electron chi connectivity index (χ0n) is 15.7. The first-order valence-corrected chi connectivity index (χ1v) is 8.86. The number of rotatable bonds is 7. The van der Waals surface area contributed by atoms with E-state index in [1.807, 2.05) is 32.6 Å². The van der Waals surface area contributed by atoms with Crippen LogP contribution in [0.15, 0.2) is 0 Å². The van der Waals surface area contributed by atoms with Gasteiger partial charge >= 0.3 is 0 Å². The number of likely N-dealkylation sites (N-methyl/N-ethyl adjacent to an activating group) is 1. The molecule has 1 fully saturated rings. The van der Waals surface area contributed by atoms with Crippen molar-refractivity contribution in [1.82, 2.24) is 20.0 Å². The molecule has 24 heavy (non-hydrogen) atoms. The summed E-state index contributed by atoms with van der Waals surface area (Å²) in [6.07, 6.45) is 0. The molecule has 7 heteroatoms. The van der Waals surface area contributed by atoms with E-state index in [1.165, 1.54) is 6.92 Å². The summed E-state index contributed by atoms with van der Waals surface area (Å²) in [4.78, 5) is 41.8. The molecule has 0 radical (unpaired) electrons. The highest BCUT2D eigenvalue weighted by Gasteiger charge is 2.30. The Morgan fingerprint density at radius 1 is 1.04 bits per heavy atom. The van der Waals surface area contributed by atoms with Gasteiger partial charge in [-0.3, -0.25) is 19.3 Å². The normalized spacial score (nSPS) is 16.8. The Bertz CT molecular complexity index is 441. The Labute approximate surface area is 145 Å². The minimum atomic E-state index is -0.480. The van der Waals surface area contributed by atoms with Gasteiger partial charge in [-0.25, -0.2) is 0 Å². The highest BCUT2D eigenvalue weighted by molar-refractivity contribution is 5.87. The molecule has 0 spiro atoms. The summed E-state index contributed by atoms with van der Waals surface area (Å²) in [6, 6.07) is -0.480. The third kappa shape index (κ3) is 5.78. The molecule has 1 saturated heterocycles. The first-order chi connectivity index (χ1) is 11.3. The second-order valence-electron chi connectivity index (χ2n) is 6.59. The molecule has 0 aromatic carbocycles. The van der Waals surface area contributed by atoms with Crippen molar-refractivity contribution in [3.63, 3.8) is 0 Å². The van der Waals surface area contributed by atoms with Gasteiger partial charge < -0.3 is 15.1 Å². The predicted octanol–water partition coefficient (Wildman–Crippen LogP) is 0.160. The third-order valence-electron chi connectivity index (χ3n) is 4.45. The van der Waals surface area contributed by atoms with Crippen molar-refractivity contribution >= 4 is 17.7 Å². The SMILES string of the molecule is CCN(CC)C(=O)CN1CCN(C(=O)C(NC(C)=O)C(C)C)CC1. The van der Waals surface area contributed by atoms with Gasteiger partial charge in [0, 0.05) is 46.2 Å². The molecule has 0 aromatic heterocycles. The van der Waals surface area contributed by atoms with E-state index >= 15 is 0 Å². The average Bonchev–Trinajstić information content (AvgIpc) is 2.53. The Balaban J connectivity index is 2.53. The zero-order chi connectivity index (χ0) is 18.3. The molecule has 1 N–H and O–H groups in total. The van der Waals surface area contributed by atoms with Crippen LogP contribution in [-0.4, -0.2) is 84.3 Å². The molecular weight excluding hydrogens is 308 g/mol. The summed E-state index contributed by atoms with van der Waals surface area (Å²) in [5, 5.41) is 2.75. The van der Waals surface area contributed by atoms with Gasteiger partial charge in [0.15, 0.2) is 0 Å². The van der Waals surface area contributed by atoms with Gasteiger partial charge in [-0.1, -0.05) is 13.8 Å². The van der Waals surface area contributed by atoms with E-state index < -0.39 is 6.04 Å². The monoisotopic (exact) mass is 340 g/mol. The lowest BCUT2D eigenvalue weighted by atomic mass is 10.0. The van der Waals surface area contributed by atoms with Gasteiger partial charge in [0.05, 0.1) is 6.54 Å². The number of carbonyl (C=O) groups excluding carboxylic acids is 3. The number of nitrogens with zero attached hydrogens (tertiary/aromatic N) is 3. The van der Waals surface area contributed by atoms with Gasteiger partial charge in [0.2, 0.25) is 17.7 Å². The van der Waals surface area contributed by atoms with E-state index in [2.05, 4.69) is 10.2 Å². The minimum absolute atomic E-state index is 0.0325. The van der Waals surface area contributed by atoms with Crippen molar-refractivity contribution in [3.8, 4) is 0 Å². The van der Waals surface area contributed by atoms with E-state index in [-0.39, 0.29) is 23.6 Å². The van der Waals surface area contributed by atoms with Crippen molar-refractivity contribution in [1.29, 1.82) is 0 Å². The fraction of sp³-hybridized carbons (Fsp3) is 0.824. The smallest absolute Gasteiger partial charge is 0.245 e. The summed E-state index contributed by atoms with van der Waals surface area (Å²) < 4.78 is 0. The van der Waals surface area contributed by atoms with Gasteiger partial charge in [0.1, 0.15) is 6.04 Å². The molecule has 0 aliphatic carbocycles.